The first-order chi connectivity index (χ1) is 11.8. The summed E-state index contributed by atoms with van der Waals surface area (Å²) in [6.45, 7) is 7.93. The highest BCUT2D eigenvalue weighted by molar-refractivity contribution is 6.00. The van der Waals surface area contributed by atoms with E-state index in [4.69, 9.17) is 9.15 Å². The van der Waals surface area contributed by atoms with Gasteiger partial charge in [0, 0.05) is 30.0 Å². The number of furan rings is 1. The molecule has 6 heteroatoms. The maximum absolute atomic E-state index is 14.0. The van der Waals surface area contributed by atoms with Crippen molar-refractivity contribution < 1.29 is 23.1 Å². The Balaban J connectivity index is 1.77. The van der Waals surface area contributed by atoms with Crippen LogP contribution in [0.1, 0.15) is 34.2 Å². The van der Waals surface area contributed by atoms with Crippen LogP contribution in [0.25, 0.3) is 11.0 Å². The summed E-state index contributed by atoms with van der Waals surface area (Å²) in [5.74, 6) is -1.35. The standard InChI is InChI=1S/C19H22FNO4/c1-5-24-19(23)15(20)13-8-21(9-13)18(22)17-12(4)14-10(2)6-7-11(3)16(14)25-17/h6-7,13,15H,5,8-9H2,1-4H3/t15-/m1/s1. The van der Waals surface area contributed by atoms with Crippen LogP contribution < -0.4 is 0 Å². The Morgan fingerprint density at radius 3 is 2.52 bits per heavy atom. The first kappa shape index (κ1) is 17.5. The molecule has 1 saturated heterocycles. The fraction of sp³-hybridized carbons (Fsp3) is 0.474. The summed E-state index contributed by atoms with van der Waals surface area (Å²) in [4.78, 5) is 25.7. The quantitative estimate of drug-likeness (QED) is 0.796. The molecule has 1 aliphatic heterocycles. The third-order valence-electron chi connectivity index (χ3n) is 4.80. The topological polar surface area (TPSA) is 59.8 Å². The predicted molar refractivity (Wildman–Crippen MR) is 91.3 cm³/mol. The van der Waals surface area contributed by atoms with E-state index >= 15 is 0 Å². The van der Waals surface area contributed by atoms with Crippen molar-refractivity contribution >= 4 is 22.8 Å². The van der Waals surface area contributed by atoms with Crippen molar-refractivity contribution in [3.8, 4) is 0 Å². The molecule has 1 amide bonds. The van der Waals surface area contributed by atoms with Crippen LogP contribution in [-0.2, 0) is 9.53 Å². The van der Waals surface area contributed by atoms with Gasteiger partial charge in [0.1, 0.15) is 5.58 Å². The molecule has 1 fully saturated rings. The molecule has 0 N–H and O–H groups in total. The number of fused-ring (bicyclic) bond motifs is 1. The van der Waals surface area contributed by atoms with Gasteiger partial charge in [-0.05, 0) is 38.8 Å². The van der Waals surface area contributed by atoms with Gasteiger partial charge in [0.05, 0.1) is 6.61 Å². The molecule has 2 heterocycles. The van der Waals surface area contributed by atoms with Crippen LogP contribution in [0.15, 0.2) is 16.5 Å². The van der Waals surface area contributed by atoms with Crippen molar-refractivity contribution in [1.82, 2.24) is 4.90 Å². The van der Waals surface area contributed by atoms with E-state index in [0.717, 1.165) is 22.1 Å². The van der Waals surface area contributed by atoms with Crippen LogP contribution in [0.2, 0.25) is 0 Å². The summed E-state index contributed by atoms with van der Waals surface area (Å²) >= 11 is 0. The van der Waals surface area contributed by atoms with Gasteiger partial charge in [0.2, 0.25) is 6.17 Å². The van der Waals surface area contributed by atoms with Gasteiger partial charge in [0.15, 0.2) is 5.76 Å². The number of rotatable bonds is 4. The highest BCUT2D eigenvalue weighted by atomic mass is 19.1. The van der Waals surface area contributed by atoms with Crippen LogP contribution in [0.3, 0.4) is 0 Å². The lowest BCUT2D eigenvalue weighted by Gasteiger charge is -2.39. The van der Waals surface area contributed by atoms with Crippen LogP contribution in [0.4, 0.5) is 4.39 Å². The van der Waals surface area contributed by atoms with Crippen molar-refractivity contribution in [3.63, 3.8) is 0 Å². The minimum absolute atomic E-state index is 0.144. The van der Waals surface area contributed by atoms with E-state index in [1.54, 1.807) is 6.92 Å². The number of aryl methyl sites for hydroxylation is 3. The normalized spacial score (nSPS) is 16.0. The summed E-state index contributed by atoms with van der Waals surface area (Å²) in [5, 5.41) is 0.954. The zero-order valence-corrected chi connectivity index (χ0v) is 14.9. The van der Waals surface area contributed by atoms with Gasteiger partial charge >= 0.3 is 5.97 Å². The fourth-order valence-electron chi connectivity index (χ4n) is 3.30. The summed E-state index contributed by atoms with van der Waals surface area (Å²) in [7, 11) is 0. The largest absolute Gasteiger partial charge is 0.464 e. The number of halogens is 1. The molecule has 0 radical (unpaired) electrons. The number of amides is 1. The summed E-state index contributed by atoms with van der Waals surface area (Å²) < 4.78 is 24.5. The monoisotopic (exact) mass is 347 g/mol. The zero-order valence-electron chi connectivity index (χ0n) is 14.9. The number of hydrogen-bond acceptors (Lipinski definition) is 4. The number of benzene rings is 1. The number of nitrogens with zero attached hydrogens (tertiary/aromatic N) is 1. The smallest absolute Gasteiger partial charge is 0.341 e. The molecule has 2 aromatic rings. The van der Waals surface area contributed by atoms with Gasteiger partial charge in [-0.15, -0.1) is 0 Å². The van der Waals surface area contributed by atoms with E-state index in [1.165, 1.54) is 4.90 Å². The number of hydrogen-bond donors (Lipinski definition) is 0. The predicted octanol–water partition coefficient (Wildman–Crippen LogP) is 3.33. The van der Waals surface area contributed by atoms with Crippen molar-refractivity contribution in [2.75, 3.05) is 19.7 Å². The number of carbonyl (C=O) groups excluding carboxylic acids is 2. The lowest BCUT2D eigenvalue weighted by molar-refractivity contribution is -0.153. The first-order valence-electron chi connectivity index (χ1n) is 8.44. The molecular weight excluding hydrogens is 325 g/mol. The van der Waals surface area contributed by atoms with Crippen LogP contribution in [-0.4, -0.2) is 42.6 Å². The third kappa shape index (κ3) is 2.90. The molecule has 134 valence electrons. The molecule has 5 nitrogen and oxygen atoms in total. The lowest BCUT2D eigenvalue weighted by Crippen LogP contribution is -2.55. The van der Waals surface area contributed by atoms with Crippen LogP contribution in [0.5, 0.6) is 0 Å². The highest BCUT2D eigenvalue weighted by Crippen LogP contribution is 2.33. The van der Waals surface area contributed by atoms with E-state index in [2.05, 4.69) is 0 Å². The third-order valence-corrected chi connectivity index (χ3v) is 4.80. The van der Waals surface area contributed by atoms with E-state index in [9.17, 15) is 14.0 Å². The second-order valence-electron chi connectivity index (χ2n) is 6.58. The molecule has 0 aliphatic carbocycles. The summed E-state index contributed by atoms with van der Waals surface area (Å²) in [5.41, 5.74) is 3.53. The Hall–Kier alpha value is -2.37. The van der Waals surface area contributed by atoms with E-state index in [-0.39, 0.29) is 31.4 Å². The molecule has 1 aliphatic rings. The number of ether oxygens (including phenoxy) is 1. The molecule has 25 heavy (non-hydrogen) atoms. The van der Waals surface area contributed by atoms with E-state index in [0.29, 0.717) is 5.58 Å². The van der Waals surface area contributed by atoms with Crippen molar-refractivity contribution in [3.05, 3.63) is 34.6 Å². The Bertz CT molecular complexity index is 836. The Labute approximate surface area is 145 Å². The average molecular weight is 347 g/mol. The average Bonchev–Trinajstić information content (AvgIpc) is 2.88. The van der Waals surface area contributed by atoms with Gasteiger partial charge in [-0.2, -0.15) is 0 Å². The van der Waals surface area contributed by atoms with Gasteiger partial charge in [-0.3, -0.25) is 4.79 Å². The highest BCUT2D eigenvalue weighted by Gasteiger charge is 2.42. The first-order valence-corrected chi connectivity index (χ1v) is 8.44. The van der Waals surface area contributed by atoms with E-state index in [1.807, 2.05) is 32.9 Å². The molecule has 0 unspecified atom stereocenters. The molecule has 1 aromatic carbocycles. The number of esters is 1. The Kier molecular flexibility index (Phi) is 4.54. The fourth-order valence-corrected chi connectivity index (χ4v) is 3.30. The van der Waals surface area contributed by atoms with Crippen LogP contribution in [0, 0.1) is 26.7 Å². The molecule has 0 bridgehead atoms. The summed E-state index contributed by atoms with van der Waals surface area (Å²) in [6.07, 6.45) is -1.69. The SMILES string of the molecule is CCOC(=O)[C@H](F)C1CN(C(=O)c2oc3c(C)ccc(C)c3c2C)C1. The van der Waals surface area contributed by atoms with Gasteiger partial charge in [-0.1, -0.05) is 12.1 Å². The second-order valence-corrected chi connectivity index (χ2v) is 6.58. The maximum Gasteiger partial charge on any atom is 0.341 e. The molecule has 1 aromatic heterocycles. The van der Waals surface area contributed by atoms with Crippen molar-refractivity contribution in [2.24, 2.45) is 5.92 Å². The zero-order chi connectivity index (χ0) is 18.3. The van der Waals surface area contributed by atoms with Crippen LogP contribution >= 0.6 is 0 Å². The van der Waals surface area contributed by atoms with E-state index < -0.39 is 18.1 Å². The lowest BCUT2D eigenvalue weighted by atomic mass is 9.94. The van der Waals surface area contributed by atoms with Gasteiger partial charge in [0.25, 0.3) is 5.91 Å². The number of carbonyl (C=O) groups is 2. The molecular formula is C19H22FNO4. The number of alkyl halides is 1. The molecule has 0 saturated carbocycles. The Morgan fingerprint density at radius 1 is 1.28 bits per heavy atom. The number of likely N-dealkylation sites (tertiary alicyclic amines) is 1. The summed E-state index contributed by atoms with van der Waals surface area (Å²) in [6, 6.07) is 3.96. The minimum atomic E-state index is -1.69. The maximum atomic E-state index is 14.0. The van der Waals surface area contributed by atoms with Gasteiger partial charge in [-0.25, -0.2) is 9.18 Å². The van der Waals surface area contributed by atoms with Crippen molar-refractivity contribution in [2.45, 2.75) is 33.9 Å². The van der Waals surface area contributed by atoms with Gasteiger partial charge < -0.3 is 14.1 Å². The second kappa shape index (κ2) is 6.50. The van der Waals surface area contributed by atoms with Crippen molar-refractivity contribution in [1.29, 1.82) is 0 Å². The molecule has 3 rings (SSSR count). The minimum Gasteiger partial charge on any atom is -0.464 e. The molecule has 0 spiro atoms. The molecule has 1 atom stereocenters. The Morgan fingerprint density at radius 2 is 1.92 bits per heavy atom.